The predicted molar refractivity (Wildman–Crippen MR) is 106 cm³/mol. The van der Waals surface area contributed by atoms with Crippen molar-refractivity contribution in [2.24, 2.45) is 22.7 Å². The fraction of sp³-hybridized carbons (Fsp3) is 0.895. The Labute approximate surface area is 165 Å². The molecule has 2 bridgehead atoms. The molecule has 0 N–H and O–H groups in total. The maximum absolute atomic E-state index is 11.8. The van der Waals surface area contributed by atoms with Crippen LogP contribution in [0.4, 0.5) is 0 Å². The van der Waals surface area contributed by atoms with Gasteiger partial charge in [0.1, 0.15) is 17.3 Å². The van der Waals surface area contributed by atoms with E-state index in [9.17, 15) is 22.6 Å². The number of carbonyl (C=O) groups excluding carboxylic acids is 2. The molecule has 0 aromatic rings. The smallest absolute Gasteiger partial charge is 0.184 e. The molecule has 6 nitrogen and oxygen atoms in total. The Morgan fingerprint density at radius 2 is 1.89 bits per heavy atom. The first-order valence-corrected chi connectivity index (χ1v) is 12.9. The quantitative estimate of drug-likeness (QED) is 0.496. The number of fused-ring (bicyclic) bond motifs is 2. The number of Topliss-reactive ketones (excluding diaryl/α,β-unsaturated/α-hetero) is 2. The van der Waals surface area contributed by atoms with E-state index < -0.39 is 21.3 Å². The van der Waals surface area contributed by atoms with Crippen molar-refractivity contribution in [3.8, 4) is 0 Å². The predicted octanol–water partition coefficient (Wildman–Crippen LogP) is 1.79. The van der Waals surface area contributed by atoms with E-state index in [1.807, 2.05) is 27.7 Å². The minimum Gasteiger partial charge on any atom is -0.748 e. The van der Waals surface area contributed by atoms with Crippen molar-refractivity contribution in [1.29, 1.82) is 0 Å². The standard InChI is InChI=1S/C10H16O4S.C9H17O2S/c1-9(2)7-3-4-10(9,8(11)5-7)6-15(12,13)14;1-8(2)9(10)7-12-5-3-11-4-6-12/h7H,3-6H2,1-2H3,(H,12,13,14);8H,3-7H2,1-2H3/q;+1/p-1. The summed E-state index contributed by atoms with van der Waals surface area (Å²) in [6, 6.07) is 0. The maximum Gasteiger partial charge on any atom is 0.184 e. The zero-order valence-electron chi connectivity index (χ0n) is 16.8. The third kappa shape index (κ3) is 5.14. The third-order valence-corrected chi connectivity index (χ3v) is 9.61. The van der Waals surface area contributed by atoms with Crippen LogP contribution < -0.4 is 0 Å². The lowest BCUT2D eigenvalue weighted by Gasteiger charge is -2.37. The molecule has 0 spiro atoms. The molecule has 0 aromatic heterocycles. The van der Waals surface area contributed by atoms with E-state index in [0.717, 1.165) is 36.9 Å². The molecule has 156 valence electrons. The van der Waals surface area contributed by atoms with Crippen molar-refractivity contribution in [3.05, 3.63) is 0 Å². The second kappa shape index (κ2) is 8.51. The van der Waals surface area contributed by atoms with Gasteiger partial charge in [0.05, 0.1) is 29.1 Å². The van der Waals surface area contributed by atoms with Gasteiger partial charge in [-0.1, -0.05) is 27.7 Å². The summed E-state index contributed by atoms with van der Waals surface area (Å²) in [7, 11) is -4.00. The summed E-state index contributed by atoms with van der Waals surface area (Å²) in [4.78, 5) is 23.2. The van der Waals surface area contributed by atoms with Crippen LogP contribution >= 0.6 is 0 Å². The van der Waals surface area contributed by atoms with Crippen LogP contribution in [-0.2, 0) is 35.3 Å². The molecule has 8 heteroatoms. The normalized spacial score (nSPS) is 30.3. The number of ketones is 2. The largest absolute Gasteiger partial charge is 0.748 e. The minimum atomic E-state index is -4.33. The lowest BCUT2D eigenvalue weighted by Crippen LogP contribution is -2.42. The van der Waals surface area contributed by atoms with Gasteiger partial charge in [0.2, 0.25) is 0 Å². The Morgan fingerprint density at radius 1 is 1.30 bits per heavy atom. The second-order valence-corrected chi connectivity index (χ2v) is 12.5. The summed E-state index contributed by atoms with van der Waals surface area (Å²) >= 11 is 0. The molecule has 1 aliphatic heterocycles. The molecule has 3 fully saturated rings. The highest BCUT2D eigenvalue weighted by atomic mass is 32.2. The molecule has 0 amide bonds. The Kier molecular flexibility index (Phi) is 7.20. The van der Waals surface area contributed by atoms with E-state index in [-0.39, 0.29) is 23.0 Å². The summed E-state index contributed by atoms with van der Waals surface area (Å²) in [5.41, 5.74) is -1.22. The molecule has 3 rings (SSSR count). The Bertz CT molecular complexity index is 664. The van der Waals surface area contributed by atoms with E-state index in [1.54, 1.807) is 0 Å². The number of hydrogen-bond acceptors (Lipinski definition) is 6. The van der Waals surface area contributed by atoms with Crippen molar-refractivity contribution in [2.75, 3.05) is 36.2 Å². The molecule has 2 atom stereocenters. The molecule has 27 heavy (non-hydrogen) atoms. The van der Waals surface area contributed by atoms with Crippen LogP contribution in [0.2, 0.25) is 0 Å². The van der Waals surface area contributed by atoms with E-state index in [0.29, 0.717) is 29.5 Å². The number of rotatable bonds is 5. The van der Waals surface area contributed by atoms with Crippen LogP contribution in [0, 0.1) is 22.7 Å². The summed E-state index contributed by atoms with van der Waals surface area (Å²) in [6.07, 6.45) is 1.88. The van der Waals surface area contributed by atoms with Gasteiger partial charge < -0.3 is 9.29 Å². The van der Waals surface area contributed by atoms with E-state index in [1.165, 1.54) is 0 Å². The molecule has 1 heterocycles. The molecule has 2 saturated carbocycles. The number of ether oxygens (including phenoxy) is 1. The van der Waals surface area contributed by atoms with Gasteiger partial charge in [0.25, 0.3) is 0 Å². The summed E-state index contributed by atoms with van der Waals surface area (Å²) in [6.45, 7) is 9.50. The van der Waals surface area contributed by atoms with Gasteiger partial charge in [-0.25, -0.2) is 8.42 Å². The average molecular weight is 421 g/mol. The summed E-state index contributed by atoms with van der Waals surface area (Å²) in [5.74, 6) is 3.33. The van der Waals surface area contributed by atoms with Crippen LogP contribution in [0.3, 0.4) is 0 Å². The van der Waals surface area contributed by atoms with Gasteiger partial charge in [-0.2, -0.15) is 0 Å². The number of carbonyl (C=O) groups is 2. The Balaban J connectivity index is 0.000000199. The highest BCUT2D eigenvalue weighted by Gasteiger charge is 2.64. The lowest BCUT2D eigenvalue weighted by molar-refractivity contribution is -0.128. The van der Waals surface area contributed by atoms with Gasteiger partial charge in [-0.15, -0.1) is 0 Å². The van der Waals surface area contributed by atoms with Crippen molar-refractivity contribution in [1.82, 2.24) is 0 Å². The van der Waals surface area contributed by atoms with Gasteiger partial charge in [0.15, 0.2) is 11.5 Å². The van der Waals surface area contributed by atoms with Crippen molar-refractivity contribution >= 4 is 32.6 Å². The topological polar surface area (TPSA) is 101 Å². The molecule has 0 radical (unpaired) electrons. The van der Waals surface area contributed by atoms with Crippen LogP contribution in [0.25, 0.3) is 0 Å². The van der Waals surface area contributed by atoms with E-state index in [4.69, 9.17) is 4.74 Å². The number of hydrogen-bond donors (Lipinski definition) is 0. The SMILES string of the molecule is CC(C)C(=O)C[S+]1CCOCC1.CC1(C)C2CCC1(CS(=O)(=O)[O-])C(=O)C2. The molecular weight excluding hydrogens is 388 g/mol. The fourth-order valence-corrected chi connectivity index (χ4v) is 7.70. The van der Waals surface area contributed by atoms with E-state index in [2.05, 4.69) is 0 Å². The molecule has 0 aromatic carbocycles. The molecular formula is C19H32O6S2. The molecule has 2 unspecified atom stereocenters. The first-order valence-electron chi connectivity index (χ1n) is 9.60. The van der Waals surface area contributed by atoms with Crippen molar-refractivity contribution in [2.45, 2.75) is 47.0 Å². The summed E-state index contributed by atoms with van der Waals surface area (Å²) < 4.78 is 37.9. The average Bonchev–Trinajstić information content (AvgIpc) is 2.89. The maximum atomic E-state index is 11.8. The van der Waals surface area contributed by atoms with Gasteiger partial charge >= 0.3 is 0 Å². The zero-order valence-corrected chi connectivity index (χ0v) is 18.4. The minimum absolute atomic E-state index is 0.0248. The fourth-order valence-electron chi connectivity index (χ4n) is 4.48. The molecule has 3 aliphatic rings. The Hall–Kier alpha value is -0.440. The zero-order chi connectivity index (χ0) is 20.5. The van der Waals surface area contributed by atoms with Crippen LogP contribution in [0.5, 0.6) is 0 Å². The van der Waals surface area contributed by atoms with Crippen molar-refractivity contribution < 1.29 is 27.3 Å². The van der Waals surface area contributed by atoms with Crippen LogP contribution in [-0.4, -0.2) is 60.8 Å². The van der Waals surface area contributed by atoms with Gasteiger partial charge in [-0.3, -0.25) is 9.59 Å². The van der Waals surface area contributed by atoms with Crippen LogP contribution in [0.1, 0.15) is 47.0 Å². The van der Waals surface area contributed by atoms with Gasteiger partial charge in [0, 0.05) is 17.8 Å². The first-order chi connectivity index (χ1) is 12.4. The highest BCUT2D eigenvalue weighted by molar-refractivity contribution is 7.97. The molecule has 1 saturated heterocycles. The first kappa shape index (κ1) is 22.8. The monoisotopic (exact) mass is 420 g/mol. The summed E-state index contributed by atoms with van der Waals surface area (Å²) in [5, 5.41) is 0. The van der Waals surface area contributed by atoms with Crippen molar-refractivity contribution in [3.63, 3.8) is 0 Å². The highest BCUT2D eigenvalue weighted by Crippen LogP contribution is 2.64. The second-order valence-electron chi connectivity index (χ2n) is 8.77. The lowest BCUT2D eigenvalue weighted by atomic mass is 9.70. The molecule has 2 aliphatic carbocycles. The van der Waals surface area contributed by atoms with Gasteiger partial charge in [-0.05, 0) is 35.1 Å². The Morgan fingerprint density at radius 3 is 2.30 bits per heavy atom. The third-order valence-electron chi connectivity index (χ3n) is 6.59. The van der Waals surface area contributed by atoms with Crippen LogP contribution in [0.15, 0.2) is 0 Å². The van der Waals surface area contributed by atoms with E-state index >= 15 is 0 Å².